The Labute approximate surface area is 493 Å². The third-order valence-corrected chi connectivity index (χ3v) is 17.8. The fraction of sp³-hybridized carbons (Fsp3) is 0.583. The second kappa shape index (κ2) is 31.7. The number of hydrogen-bond acceptors (Lipinski definition) is 7. The topological polar surface area (TPSA) is 112 Å². The maximum Gasteiger partial charge on any atom is 0.180 e. The zero-order valence-corrected chi connectivity index (χ0v) is 51.8. The van der Waals surface area contributed by atoms with Crippen molar-refractivity contribution in [2.24, 2.45) is 44.0 Å². The quantitative estimate of drug-likeness (QED) is 0.0307. The van der Waals surface area contributed by atoms with Gasteiger partial charge in [-0.3, -0.25) is 0 Å². The number of pyridine rings is 2. The van der Waals surface area contributed by atoms with Crippen LogP contribution in [0.4, 0.5) is 11.6 Å². The number of fused-ring (bicyclic) bond motifs is 18. The molecular formula is C72H101N10+. The van der Waals surface area contributed by atoms with Crippen LogP contribution < -0.4 is 15.5 Å². The Kier molecular flexibility index (Phi) is 23.4. The SMILES string of the molecule is CCCCCCCCCCc1ccc(CCCCCCCCCC)c2c1C1=NC2=Nc2nc(c3ccn(C)cc2-3)N=c2[nH]c(c3c(CCCCCCCCCC)ccc(CCCCCCCCCC)c23)=NC2=NC(=N1)c1cc[n+](C)cc12. The van der Waals surface area contributed by atoms with Gasteiger partial charge in [-0.2, -0.15) is 0 Å². The summed E-state index contributed by atoms with van der Waals surface area (Å²) in [5.41, 5.74) is 12.9. The average Bonchev–Trinajstić information content (AvgIpc) is 4.14. The van der Waals surface area contributed by atoms with Gasteiger partial charge in [0.25, 0.3) is 0 Å². The van der Waals surface area contributed by atoms with Crippen molar-refractivity contribution in [1.82, 2.24) is 14.5 Å². The summed E-state index contributed by atoms with van der Waals surface area (Å²) in [6.45, 7) is 9.20. The molecule has 5 aliphatic rings. The van der Waals surface area contributed by atoms with E-state index in [4.69, 9.17) is 34.9 Å². The number of benzene rings is 2. The highest BCUT2D eigenvalue weighted by Crippen LogP contribution is 2.41. The van der Waals surface area contributed by atoms with Gasteiger partial charge in [-0.25, -0.2) is 39.5 Å². The predicted molar refractivity (Wildman–Crippen MR) is 345 cm³/mol. The molecule has 7 heterocycles. The van der Waals surface area contributed by atoms with Crippen LogP contribution >= 0.6 is 0 Å². The Morgan fingerprint density at radius 1 is 0.378 bits per heavy atom. The van der Waals surface area contributed by atoms with E-state index in [-0.39, 0.29) is 0 Å². The van der Waals surface area contributed by atoms with E-state index in [1.165, 1.54) is 202 Å². The van der Waals surface area contributed by atoms with Crippen molar-refractivity contribution in [2.45, 2.75) is 259 Å². The molecule has 0 radical (unpaired) electrons. The van der Waals surface area contributed by atoms with Crippen LogP contribution in [-0.2, 0) is 39.8 Å². The van der Waals surface area contributed by atoms with Crippen LogP contribution in [0.5, 0.6) is 0 Å². The van der Waals surface area contributed by atoms with E-state index >= 15 is 0 Å². The van der Waals surface area contributed by atoms with Gasteiger partial charge in [0.2, 0.25) is 0 Å². The fourth-order valence-electron chi connectivity index (χ4n) is 13.0. The van der Waals surface area contributed by atoms with Crippen LogP contribution in [0.15, 0.2) is 91.1 Å². The van der Waals surface area contributed by atoms with Gasteiger partial charge in [0, 0.05) is 64.1 Å². The van der Waals surface area contributed by atoms with Gasteiger partial charge in [0.1, 0.15) is 18.0 Å². The molecule has 9 rings (SSSR count). The Bertz CT molecular complexity index is 3250. The molecule has 10 heteroatoms. The maximum atomic E-state index is 5.66. The van der Waals surface area contributed by atoms with Crippen LogP contribution in [-0.4, -0.2) is 37.9 Å². The molecule has 0 aliphatic carbocycles. The lowest BCUT2D eigenvalue weighted by molar-refractivity contribution is -0.671. The molecule has 0 amide bonds. The first kappa shape index (κ1) is 60.7. The number of rotatable bonds is 36. The highest BCUT2D eigenvalue weighted by molar-refractivity contribution is 6.30. The second-order valence-corrected chi connectivity index (χ2v) is 24.6. The van der Waals surface area contributed by atoms with Gasteiger partial charge in [-0.15, -0.1) is 0 Å². The number of aliphatic imine (C=N–C) groups is 4. The third kappa shape index (κ3) is 15.8. The summed E-state index contributed by atoms with van der Waals surface area (Å²) in [5, 5.41) is 2.32. The van der Waals surface area contributed by atoms with Gasteiger partial charge in [-0.1, -0.05) is 232 Å². The standard InChI is InChI=1S/C72H101N10/c1-7-11-15-19-23-27-31-35-39-53-43-45-55(41-37-33-29-25-21-17-13-9-3)63-61(53)69-75-65-57-47-49-81(5)51-59(57)68(73-65)78-72-64-56(42-38-34-30-26-22-18-14-10-4)46-44-54(40-36-32-28-24-20-16-12-8-2)62(64)70(80-72)76-66-58-48-50-82(6)52-60(58)67(74-66)77-71(63)79-69/h43-52H,7-42H2,1-6H3,(H,73,74,75,76,77,78,79,80)/q+1. The summed E-state index contributed by atoms with van der Waals surface area (Å²) >= 11 is 0. The summed E-state index contributed by atoms with van der Waals surface area (Å²) in [7, 11) is 4.16. The molecule has 10 nitrogen and oxygen atoms in total. The Hall–Kier alpha value is -5.90. The number of H-pyrrole nitrogens is 1. The molecule has 8 bridgehead atoms. The van der Waals surface area contributed by atoms with Crippen molar-refractivity contribution in [2.75, 3.05) is 0 Å². The van der Waals surface area contributed by atoms with Crippen molar-refractivity contribution in [3.63, 3.8) is 0 Å². The Morgan fingerprint density at radius 3 is 1.27 bits per heavy atom. The number of aromatic amines is 1. The molecule has 1 N–H and O–H groups in total. The molecule has 0 spiro atoms. The second-order valence-electron chi connectivity index (χ2n) is 24.6. The molecule has 2 aromatic heterocycles. The maximum absolute atomic E-state index is 5.66. The molecule has 4 aromatic rings. The lowest BCUT2D eigenvalue weighted by atomic mass is 9.90. The van der Waals surface area contributed by atoms with E-state index in [1.807, 2.05) is 0 Å². The minimum Gasteiger partial charge on any atom is -0.356 e. The molecule has 438 valence electrons. The first-order valence-electron chi connectivity index (χ1n) is 33.4. The minimum absolute atomic E-state index is 0.636. The summed E-state index contributed by atoms with van der Waals surface area (Å²) in [6.07, 6.45) is 53.3. The van der Waals surface area contributed by atoms with E-state index in [9.17, 15) is 0 Å². The van der Waals surface area contributed by atoms with E-state index in [0.717, 1.165) is 106 Å². The number of nitrogens with one attached hydrogen (secondary N) is 1. The van der Waals surface area contributed by atoms with Gasteiger partial charge in [0.15, 0.2) is 47.4 Å². The van der Waals surface area contributed by atoms with Crippen molar-refractivity contribution in [3.8, 4) is 11.1 Å². The van der Waals surface area contributed by atoms with Crippen molar-refractivity contribution in [1.29, 1.82) is 0 Å². The molecule has 0 fully saturated rings. The summed E-state index contributed by atoms with van der Waals surface area (Å²) in [6, 6.07) is 13.9. The van der Waals surface area contributed by atoms with Gasteiger partial charge < -0.3 is 9.55 Å². The fourth-order valence-corrected chi connectivity index (χ4v) is 13.0. The number of aryl methyl sites for hydroxylation is 6. The highest BCUT2D eigenvalue weighted by Gasteiger charge is 2.32. The highest BCUT2D eigenvalue weighted by atomic mass is 15.1. The van der Waals surface area contributed by atoms with Crippen molar-refractivity contribution < 1.29 is 4.57 Å². The van der Waals surface area contributed by atoms with Crippen LogP contribution in [0.3, 0.4) is 0 Å². The number of nitrogens with zero attached hydrogens (tertiary/aromatic N) is 9. The van der Waals surface area contributed by atoms with Crippen LogP contribution in [0, 0.1) is 0 Å². The zero-order valence-electron chi connectivity index (χ0n) is 51.8. The lowest BCUT2D eigenvalue weighted by Crippen LogP contribution is -2.28. The molecule has 5 aliphatic heterocycles. The zero-order chi connectivity index (χ0) is 56.9. The first-order valence-corrected chi connectivity index (χ1v) is 33.4. The first-order chi connectivity index (χ1) is 40.4. The number of hydrogen-bond donors (Lipinski definition) is 1. The molecular weight excluding hydrogens is 1000 g/mol. The van der Waals surface area contributed by atoms with E-state index in [2.05, 4.69) is 117 Å². The minimum atomic E-state index is 0.636. The number of amidine groups is 4. The summed E-state index contributed by atoms with van der Waals surface area (Å²) < 4.78 is 4.21. The number of unbranched alkanes of at least 4 members (excludes halogenated alkanes) is 28. The van der Waals surface area contributed by atoms with Crippen LogP contribution in [0.1, 0.15) is 278 Å². The van der Waals surface area contributed by atoms with Gasteiger partial charge >= 0.3 is 0 Å². The smallest absolute Gasteiger partial charge is 0.180 e. The van der Waals surface area contributed by atoms with E-state index < -0.39 is 0 Å². The average molecular weight is 1110 g/mol. The Morgan fingerprint density at radius 2 is 0.768 bits per heavy atom. The third-order valence-electron chi connectivity index (χ3n) is 17.8. The van der Waals surface area contributed by atoms with Gasteiger partial charge in [0.05, 0.1) is 5.56 Å². The normalized spacial score (nSPS) is 13.5. The molecule has 0 saturated carbocycles. The van der Waals surface area contributed by atoms with Crippen molar-refractivity contribution in [3.05, 3.63) is 117 Å². The molecule has 0 unspecified atom stereocenters. The summed E-state index contributed by atoms with van der Waals surface area (Å²) in [4.78, 5) is 42.9. The summed E-state index contributed by atoms with van der Waals surface area (Å²) in [5.74, 6) is 3.95. The molecule has 2 aromatic carbocycles. The van der Waals surface area contributed by atoms with Gasteiger partial charge in [-0.05, 0) is 79.7 Å². The molecule has 0 atom stereocenters. The molecule has 82 heavy (non-hydrogen) atoms. The Balaban J connectivity index is 1.19. The van der Waals surface area contributed by atoms with Crippen molar-refractivity contribution >= 4 is 45.8 Å². The van der Waals surface area contributed by atoms with E-state index in [0.29, 0.717) is 35.0 Å². The number of aromatic nitrogens is 4. The predicted octanol–water partition coefficient (Wildman–Crippen LogP) is 18.2. The van der Waals surface area contributed by atoms with Crippen LogP contribution in [0.25, 0.3) is 21.9 Å². The molecule has 0 saturated heterocycles. The lowest BCUT2D eigenvalue weighted by Gasteiger charge is -2.14. The largest absolute Gasteiger partial charge is 0.356 e. The monoisotopic (exact) mass is 1110 g/mol. The van der Waals surface area contributed by atoms with Crippen LogP contribution in [0.2, 0.25) is 0 Å². The van der Waals surface area contributed by atoms with E-state index in [1.54, 1.807) is 0 Å².